The van der Waals surface area contributed by atoms with E-state index in [1.807, 2.05) is 56.3 Å². The SMILES string of the molecule is CCCCOC(=O)Cn1c(=O)c(N[C@H](C)c2ccc3oc4ccccc4c3c2)cn(C)c1=O. The summed E-state index contributed by atoms with van der Waals surface area (Å²) in [4.78, 5) is 37.6. The summed E-state index contributed by atoms with van der Waals surface area (Å²) < 4.78 is 13.2. The first-order valence-electron chi connectivity index (χ1n) is 11.0. The predicted octanol–water partition coefficient (Wildman–Crippen LogP) is 3.96. The zero-order valence-corrected chi connectivity index (χ0v) is 19.0. The first kappa shape index (κ1) is 22.4. The van der Waals surface area contributed by atoms with Crippen molar-refractivity contribution in [3.63, 3.8) is 0 Å². The molecule has 172 valence electrons. The summed E-state index contributed by atoms with van der Waals surface area (Å²) in [5, 5.41) is 5.20. The van der Waals surface area contributed by atoms with E-state index in [-0.39, 0.29) is 18.3 Å². The Morgan fingerprint density at radius 3 is 2.67 bits per heavy atom. The van der Waals surface area contributed by atoms with E-state index in [1.165, 1.54) is 10.8 Å². The number of benzene rings is 2. The van der Waals surface area contributed by atoms with Crippen molar-refractivity contribution in [3.05, 3.63) is 75.1 Å². The fourth-order valence-electron chi connectivity index (χ4n) is 3.80. The molecule has 0 aliphatic rings. The number of esters is 1. The lowest BCUT2D eigenvalue weighted by Gasteiger charge is -2.17. The molecule has 4 rings (SSSR count). The summed E-state index contributed by atoms with van der Waals surface area (Å²) >= 11 is 0. The molecule has 33 heavy (non-hydrogen) atoms. The van der Waals surface area contributed by atoms with E-state index in [2.05, 4.69) is 5.32 Å². The highest BCUT2D eigenvalue weighted by molar-refractivity contribution is 6.05. The molecule has 0 bridgehead atoms. The summed E-state index contributed by atoms with van der Waals surface area (Å²) in [7, 11) is 1.54. The van der Waals surface area contributed by atoms with Crippen molar-refractivity contribution in [1.82, 2.24) is 9.13 Å². The average Bonchev–Trinajstić information content (AvgIpc) is 3.18. The summed E-state index contributed by atoms with van der Waals surface area (Å²) in [5.41, 5.74) is 1.65. The average molecular weight is 450 g/mol. The Morgan fingerprint density at radius 2 is 1.88 bits per heavy atom. The minimum absolute atomic E-state index is 0.225. The van der Waals surface area contributed by atoms with Gasteiger partial charge in [0.15, 0.2) is 0 Å². The van der Waals surface area contributed by atoms with E-state index in [0.29, 0.717) is 0 Å². The number of aromatic nitrogens is 2. The normalized spacial score (nSPS) is 12.2. The summed E-state index contributed by atoms with van der Waals surface area (Å²) in [6.07, 6.45) is 3.06. The maximum atomic E-state index is 13.0. The van der Waals surface area contributed by atoms with Crippen LogP contribution in [0.5, 0.6) is 0 Å². The van der Waals surface area contributed by atoms with E-state index in [1.54, 1.807) is 7.05 Å². The van der Waals surface area contributed by atoms with Crippen LogP contribution in [-0.4, -0.2) is 21.7 Å². The van der Waals surface area contributed by atoms with Crippen LogP contribution >= 0.6 is 0 Å². The molecular weight excluding hydrogens is 422 g/mol. The number of nitrogens with zero attached hydrogens (tertiary/aromatic N) is 2. The van der Waals surface area contributed by atoms with Crippen molar-refractivity contribution in [1.29, 1.82) is 0 Å². The maximum absolute atomic E-state index is 13.0. The van der Waals surface area contributed by atoms with E-state index < -0.39 is 23.8 Å². The second kappa shape index (κ2) is 9.36. The Hall–Kier alpha value is -3.81. The molecule has 0 unspecified atom stereocenters. The number of para-hydroxylation sites is 1. The molecule has 2 aromatic heterocycles. The molecule has 0 spiro atoms. The third-order valence-corrected chi connectivity index (χ3v) is 5.65. The van der Waals surface area contributed by atoms with E-state index >= 15 is 0 Å². The number of nitrogens with one attached hydrogen (secondary N) is 1. The monoisotopic (exact) mass is 449 g/mol. The van der Waals surface area contributed by atoms with Crippen molar-refractivity contribution < 1.29 is 13.9 Å². The second-order valence-electron chi connectivity index (χ2n) is 8.12. The molecule has 4 aromatic rings. The Morgan fingerprint density at radius 1 is 1.12 bits per heavy atom. The molecule has 0 saturated heterocycles. The van der Waals surface area contributed by atoms with Gasteiger partial charge in [-0.15, -0.1) is 0 Å². The zero-order chi connectivity index (χ0) is 23.5. The van der Waals surface area contributed by atoms with Gasteiger partial charge in [-0.3, -0.25) is 9.59 Å². The number of rotatable bonds is 8. The van der Waals surface area contributed by atoms with Crippen LogP contribution in [0, 0.1) is 0 Å². The van der Waals surface area contributed by atoms with Gasteiger partial charge in [0.25, 0.3) is 5.56 Å². The fraction of sp³-hybridized carbons (Fsp3) is 0.320. The number of fused-ring (bicyclic) bond motifs is 3. The van der Waals surface area contributed by atoms with Crippen LogP contribution in [0.1, 0.15) is 38.3 Å². The van der Waals surface area contributed by atoms with Gasteiger partial charge in [0.05, 0.1) is 6.61 Å². The minimum Gasteiger partial charge on any atom is -0.464 e. The Labute approximate surface area is 190 Å². The number of anilines is 1. The van der Waals surface area contributed by atoms with Crippen LogP contribution in [0.4, 0.5) is 5.69 Å². The van der Waals surface area contributed by atoms with Crippen molar-refractivity contribution in [2.24, 2.45) is 7.05 Å². The largest absolute Gasteiger partial charge is 0.464 e. The Kier molecular flexibility index (Phi) is 6.35. The van der Waals surface area contributed by atoms with Crippen molar-refractivity contribution in [2.75, 3.05) is 11.9 Å². The van der Waals surface area contributed by atoms with Crippen LogP contribution in [0.25, 0.3) is 21.9 Å². The zero-order valence-electron chi connectivity index (χ0n) is 19.0. The van der Waals surface area contributed by atoms with Gasteiger partial charge in [-0.2, -0.15) is 0 Å². The van der Waals surface area contributed by atoms with Crippen molar-refractivity contribution in [3.8, 4) is 0 Å². The van der Waals surface area contributed by atoms with E-state index in [9.17, 15) is 14.4 Å². The van der Waals surface area contributed by atoms with Crippen LogP contribution in [0.15, 0.2) is 62.7 Å². The molecule has 1 N–H and O–H groups in total. The fourth-order valence-corrected chi connectivity index (χ4v) is 3.80. The number of carbonyl (C=O) groups excluding carboxylic acids is 1. The molecule has 2 heterocycles. The molecule has 0 aliphatic carbocycles. The van der Waals surface area contributed by atoms with Gasteiger partial charge in [-0.1, -0.05) is 37.6 Å². The smallest absolute Gasteiger partial charge is 0.331 e. The van der Waals surface area contributed by atoms with E-state index in [4.69, 9.17) is 9.15 Å². The number of ether oxygens (including phenoxy) is 1. The second-order valence-corrected chi connectivity index (χ2v) is 8.12. The molecule has 1 atom stereocenters. The standard InChI is InChI=1S/C25H27N3O5/c1-4-5-12-32-23(29)15-28-24(30)20(14-27(3)25(28)31)26-16(2)17-10-11-22-19(13-17)18-8-6-7-9-21(18)33-22/h6-11,13-14,16,26H,4-5,12,15H2,1-3H3/t16-/m1/s1. The first-order valence-corrected chi connectivity index (χ1v) is 11.0. The highest BCUT2D eigenvalue weighted by Crippen LogP contribution is 2.31. The van der Waals surface area contributed by atoms with Crippen LogP contribution in [-0.2, 0) is 23.1 Å². The van der Waals surface area contributed by atoms with Gasteiger partial charge < -0.3 is 19.0 Å². The third kappa shape index (κ3) is 4.55. The van der Waals surface area contributed by atoms with Crippen molar-refractivity contribution in [2.45, 2.75) is 39.3 Å². The lowest BCUT2D eigenvalue weighted by Crippen LogP contribution is -2.42. The van der Waals surface area contributed by atoms with Crippen LogP contribution < -0.4 is 16.6 Å². The molecule has 0 amide bonds. The number of hydrogen-bond acceptors (Lipinski definition) is 6. The number of hydrogen-bond donors (Lipinski definition) is 1. The van der Waals surface area contributed by atoms with Crippen LogP contribution in [0.3, 0.4) is 0 Å². The highest BCUT2D eigenvalue weighted by atomic mass is 16.5. The Bertz CT molecular complexity index is 1430. The lowest BCUT2D eigenvalue weighted by molar-refractivity contribution is -0.144. The van der Waals surface area contributed by atoms with Gasteiger partial charge in [0, 0.05) is 30.1 Å². The number of furan rings is 1. The van der Waals surface area contributed by atoms with E-state index in [0.717, 1.165) is 44.9 Å². The number of carbonyl (C=O) groups is 1. The number of aryl methyl sites for hydroxylation is 1. The van der Waals surface area contributed by atoms with Gasteiger partial charge in [-0.05, 0) is 37.1 Å². The third-order valence-electron chi connectivity index (χ3n) is 5.65. The summed E-state index contributed by atoms with van der Waals surface area (Å²) in [5.74, 6) is -0.606. The first-order chi connectivity index (χ1) is 15.9. The predicted molar refractivity (Wildman–Crippen MR) is 128 cm³/mol. The quantitative estimate of drug-likeness (QED) is 0.323. The van der Waals surface area contributed by atoms with Crippen LogP contribution in [0.2, 0.25) is 0 Å². The molecule has 0 saturated carbocycles. The molecule has 0 radical (unpaired) electrons. The van der Waals surface area contributed by atoms with Gasteiger partial charge in [-0.25, -0.2) is 9.36 Å². The van der Waals surface area contributed by atoms with Gasteiger partial charge in [0.2, 0.25) is 0 Å². The molecule has 0 aliphatic heterocycles. The molecule has 0 fully saturated rings. The molecule has 2 aromatic carbocycles. The van der Waals surface area contributed by atoms with Crippen molar-refractivity contribution >= 4 is 33.6 Å². The molecular formula is C25H27N3O5. The number of unbranched alkanes of at least 4 members (excludes halogenated alkanes) is 1. The summed E-state index contributed by atoms with van der Waals surface area (Å²) in [6, 6.07) is 13.5. The van der Waals surface area contributed by atoms with Gasteiger partial charge >= 0.3 is 11.7 Å². The minimum atomic E-state index is -0.606. The lowest BCUT2D eigenvalue weighted by atomic mass is 10.0. The summed E-state index contributed by atoms with van der Waals surface area (Å²) in [6.45, 7) is 3.76. The topological polar surface area (TPSA) is 95.5 Å². The van der Waals surface area contributed by atoms with Gasteiger partial charge in [0.1, 0.15) is 23.4 Å². The molecule has 8 nitrogen and oxygen atoms in total. The maximum Gasteiger partial charge on any atom is 0.331 e. The Balaban J connectivity index is 1.61. The molecule has 8 heteroatoms. The highest BCUT2D eigenvalue weighted by Gasteiger charge is 2.17.